The maximum atomic E-state index is 12.0. The molecule has 21 heteroatoms. The third kappa shape index (κ3) is 23.3. The number of nitrogens with zero attached hydrogens (tertiary/aromatic N) is 3. The van der Waals surface area contributed by atoms with Gasteiger partial charge in [-0.1, -0.05) is 56.7 Å². The summed E-state index contributed by atoms with van der Waals surface area (Å²) in [4.78, 5) is 73.5. The van der Waals surface area contributed by atoms with Gasteiger partial charge < -0.3 is 63.7 Å². The average Bonchev–Trinajstić information content (AvgIpc) is 3.41. The Morgan fingerprint density at radius 3 is 1.47 bits per heavy atom. The predicted octanol–water partition coefficient (Wildman–Crippen LogP) is -2.69. The molecule has 2 atom stereocenters. The van der Waals surface area contributed by atoms with Crippen molar-refractivity contribution >= 4 is 63.8 Å². The fourth-order valence-corrected chi connectivity index (χ4v) is 9.01. The summed E-state index contributed by atoms with van der Waals surface area (Å²) in [5, 5.41) is 70.3. The van der Waals surface area contributed by atoms with E-state index in [-0.39, 0.29) is 57.2 Å². The summed E-state index contributed by atoms with van der Waals surface area (Å²) >= 11 is 1.12. The molecule has 0 bridgehead atoms. The molecule has 0 aromatic heterocycles. The van der Waals surface area contributed by atoms with Gasteiger partial charge in [0.15, 0.2) is 6.10 Å². The van der Waals surface area contributed by atoms with Gasteiger partial charge in [0.05, 0.1) is 29.8 Å². The Balaban J connectivity index is 1.38. The molecule has 0 spiro atoms. The molecule has 0 N–H and O–H groups in total. The van der Waals surface area contributed by atoms with Crippen molar-refractivity contribution in [2.45, 2.75) is 77.7 Å². The van der Waals surface area contributed by atoms with E-state index in [0.29, 0.717) is 41.6 Å². The number of carbonyl (C=O) groups is 6. The molecule has 5 rings (SSSR count). The van der Waals surface area contributed by atoms with Crippen LogP contribution >= 0.6 is 0 Å². The van der Waals surface area contributed by atoms with Crippen molar-refractivity contribution in [1.29, 1.82) is 0 Å². The molecule has 422 valence electrons. The second-order valence-electron chi connectivity index (χ2n) is 18.7. The van der Waals surface area contributed by atoms with Crippen LogP contribution in [-0.4, -0.2) is 153 Å². The fraction of sp³-hybridized carbons (Fsp3) is 0.379. The molecule has 0 aliphatic heterocycles. The van der Waals surface area contributed by atoms with E-state index in [1.54, 1.807) is 54.6 Å². The summed E-state index contributed by atoms with van der Waals surface area (Å²) in [5.74, 6) is -7.28. The molecule has 0 heterocycles. The van der Waals surface area contributed by atoms with E-state index in [1.807, 2.05) is 37.3 Å². The van der Waals surface area contributed by atoms with Gasteiger partial charge in [0.2, 0.25) is 0 Å². The molecule has 5 aromatic carbocycles. The Hall–Kier alpha value is -7.32. The molecule has 0 aliphatic carbocycles. The minimum absolute atomic E-state index is 0.0734. The number of hydrogen-bond donors (Lipinski definition) is 0. The summed E-state index contributed by atoms with van der Waals surface area (Å²) in [6.45, 7) is -0.639. The van der Waals surface area contributed by atoms with Crippen molar-refractivity contribution < 1.29 is 83.1 Å². The second kappa shape index (κ2) is 32.6. The number of carboxylic acids is 6. The van der Waals surface area contributed by atoms with Crippen LogP contribution in [0.4, 0.5) is 0 Å². The Labute approximate surface area is 473 Å². The van der Waals surface area contributed by atoms with Crippen molar-refractivity contribution in [3.05, 3.63) is 143 Å². The van der Waals surface area contributed by atoms with Crippen molar-refractivity contribution in [1.82, 2.24) is 14.7 Å². The minimum Gasteiger partial charge on any atom is -0.549 e. The molecule has 20 nitrogen and oxygen atoms in total. The number of hydrogen-bond acceptors (Lipinski definition) is 20. The number of aryl methyl sites for hydroxylation is 2. The van der Waals surface area contributed by atoms with E-state index in [2.05, 4.69) is 31.2 Å². The monoisotopic (exact) mass is 1280 g/mol. The standard InChI is InChI=1S/C58H68N3O17.Bi/c1-3-5-9-40-12-14-43(15-13-40)37-75-48-20-22-51(44(4-2)27-48)76-38-50(39-77-52-23-21-49(28-45(52)29-53(62)63)74-36-42-10-7-6-8-11-42)78-47-18-16-41(17-19-47)26-46(61(34-57(70)71)35-58(72)73)30-59(31-54(64)65)24-25-60(32-55(66)67)33-56(68)69;/h7-8,10-23,27-28,46,50H,3-5,9,24-26,29-39H2,1-2H3,(H,62,63)(H,64,65)(H,66,67)(H,68,69)(H,70,71)(H,72,73);/p-6. The number of aliphatic carboxylic acids is 6. The number of benzene rings is 5. The SMILES string of the molecule is CCCCc1ccc(COc2ccc(OCC(COc3ccc(OCc4cc[c]([Bi])cc4)cc3CC(=O)[O-])Oc3ccc(CC(CN(CCN(CC(=O)[O-])CC(=O)[O-])CC(=O)[O-])N(CC(=O)[O-])CC(=O)[O-])cc3)c(CC)c2)cc1. The van der Waals surface area contributed by atoms with E-state index >= 15 is 0 Å². The first-order valence-electron chi connectivity index (χ1n) is 25.6. The Bertz CT molecular complexity index is 2750. The summed E-state index contributed by atoms with van der Waals surface area (Å²) in [6, 6.07) is 32.0. The zero-order valence-corrected chi connectivity index (χ0v) is 47.5. The molecule has 0 amide bonds. The van der Waals surface area contributed by atoms with Crippen molar-refractivity contribution in [2.24, 2.45) is 0 Å². The molecule has 2 radical (unpaired) electrons. The van der Waals surface area contributed by atoms with Gasteiger partial charge in [0, 0.05) is 58.4 Å². The number of carbonyl (C=O) groups excluding carboxylic acids is 6. The van der Waals surface area contributed by atoms with Crippen LogP contribution in [0.2, 0.25) is 0 Å². The van der Waals surface area contributed by atoms with Gasteiger partial charge in [-0.2, -0.15) is 0 Å². The third-order valence-corrected chi connectivity index (χ3v) is 13.5. The zero-order valence-electron chi connectivity index (χ0n) is 44.0. The van der Waals surface area contributed by atoms with Crippen LogP contribution in [0.25, 0.3) is 0 Å². The number of unbranched alkanes of at least 4 members (excludes halogenated alkanes) is 1. The molecule has 0 fully saturated rings. The van der Waals surface area contributed by atoms with Gasteiger partial charge in [-0.25, -0.2) is 0 Å². The fourth-order valence-electron chi connectivity index (χ4n) is 8.43. The quantitative estimate of drug-likeness (QED) is 0.0364. The van der Waals surface area contributed by atoms with Crippen LogP contribution in [-0.2, 0) is 67.7 Å². The van der Waals surface area contributed by atoms with Gasteiger partial charge in [-0.3, -0.25) is 14.7 Å². The molecular formula is C58H62BiN3O17-6. The molecule has 2 unspecified atom stereocenters. The smallest absolute Gasteiger partial charge is 0.549 e. The van der Waals surface area contributed by atoms with Gasteiger partial charge in [-0.15, -0.1) is 0 Å². The van der Waals surface area contributed by atoms with E-state index in [9.17, 15) is 59.4 Å². The summed E-state index contributed by atoms with van der Waals surface area (Å²) in [5.41, 5.74) is 4.87. The van der Waals surface area contributed by atoms with Crippen LogP contribution in [0.15, 0.2) is 109 Å². The van der Waals surface area contributed by atoms with Crippen molar-refractivity contribution in [3.63, 3.8) is 0 Å². The Morgan fingerprint density at radius 2 is 0.962 bits per heavy atom. The maximum absolute atomic E-state index is 12.0. The first-order chi connectivity index (χ1) is 37.8. The van der Waals surface area contributed by atoms with Crippen LogP contribution in [0.3, 0.4) is 0 Å². The summed E-state index contributed by atoms with van der Waals surface area (Å²) in [6.07, 6.45) is 2.43. The Morgan fingerprint density at radius 1 is 0.506 bits per heavy atom. The third-order valence-electron chi connectivity index (χ3n) is 12.4. The van der Waals surface area contributed by atoms with Gasteiger partial charge >= 0.3 is 138 Å². The van der Waals surface area contributed by atoms with Crippen LogP contribution in [0.1, 0.15) is 60.1 Å². The van der Waals surface area contributed by atoms with Crippen LogP contribution in [0.5, 0.6) is 28.7 Å². The van der Waals surface area contributed by atoms with E-state index in [1.165, 1.54) is 13.7 Å². The number of ether oxygens (including phenoxy) is 5. The minimum atomic E-state index is -1.64. The predicted molar refractivity (Wildman–Crippen MR) is 275 cm³/mol. The second-order valence-corrected chi connectivity index (χ2v) is 20.7. The number of carboxylic acid groups (broad SMARTS) is 6. The first-order valence-corrected chi connectivity index (χ1v) is 27.3. The van der Waals surface area contributed by atoms with Crippen LogP contribution in [0, 0.1) is 0 Å². The zero-order chi connectivity index (χ0) is 57.3. The van der Waals surface area contributed by atoms with Crippen molar-refractivity contribution in [2.75, 3.05) is 65.6 Å². The summed E-state index contributed by atoms with van der Waals surface area (Å²) < 4.78 is 32.5. The normalized spacial score (nSPS) is 12.0. The van der Waals surface area contributed by atoms with Crippen molar-refractivity contribution in [3.8, 4) is 28.7 Å². The topological polar surface area (TPSA) is 297 Å². The molecule has 5 aromatic rings. The molecule has 0 aliphatic rings. The van der Waals surface area contributed by atoms with Gasteiger partial charge in [0.25, 0.3) is 0 Å². The van der Waals surface area contributed by atoms with E-state index < -0.39 is 87.1 Å². The average molecular weight is 1280 g/mol. The summed E-state index contributed by atoms with van der Waals surface area (Å²) in [7, 11) is 0. The van der Waals surface area contributed by atoms with E-state index in [4.69, 9.17) is 23.7 Å². The first kappa shape index (κ1) is 62.5. The van der Waals surface area contributed by atoms with E-state index in [0.717, 1.165) is 70.5 Å². The van der Waals surface area contributed by atoms with Crippen LogP contribution < -0.4 is 57.6 Å². The molecular weight excluding hydrogens is 1220 g/mol. The molecule has 0 saturated carbocycles. The van der Waals surface area contributed by atoms with Gasteiger partial charge in [0.1, 0.15) is 30.5 Å². The Kier molecular flexibility index (Phi) is 25.8. The number of rotatable bonds is 38. The molecule has 0 saturated heterocycles. The molecule has 79 heavy (non-hydrogen) atoms. The van der Waals surface area contributed by atoms with Gasteiger partial charge in [-0.05, 0) is 78.3 Å².